The molecule has 1 aliphatic carbocycles. The Bertz CT molecular complexity index is 474. The standard InChI is InChI=1S/C14H21F2N3O/c1-2-9-3-5-14(20,6-4-9)8-18-13-11(16)7-10(15)12(17)19-13/h7,9,20H,2-6,8H2,1H3,(H3,17,18,19). The molecular formula is C14H21F2N3O. The van der Waals surface area contributed by atoms with Gasteiger partial charge in [-0.15, -0.1) is 0 Å². The average molecular weight is 285 g/mol. The Morgan fingerprint density at radius 1 is 1.40 bits per heavy atom. The molecule has 4 N–H and O–H groups in total. The van der Waals surface area contributed by atoms with Gasteiger partial charge in [-0.1, -0.05) is 13.3 Å². The Morgan fingerprint density at radius 2 is 2.05 bits per heavy atom. The predicted octanol–water partition coefficient (Wildman–Crippen LogP) is 2.69. The van der Waals surface area contributed by atoms with E-state index in [0.717, 1.165) is 19.3 Å². The fourth-order valence-corrected chi connectivity index (χ4v) is 2.65. The summed E-state index contributed by atoms with van der Waals surface area (Å²) in [6.45, 7) is 2.34. The molecule has 0 bridgehead atoms. The molecule has 0 amide bonds. The summed E-state index contributed by atoms with van der Waals surface area (Å²) in [5, 5.41) is 13.2. The molecule has 1 aromatic rings. The molecule has 20 heavy (non-hydrogen) atoms. The maximum absolute atomic E-state index is 13.5. The van der Waals surface area contributed by atoms with Gasteiger partial charge in [0.05, 0.1) is 5.60 Å². The summed E-state index contributed by atoms with van der Waals surface area (Å²) in [5.41, 5.74) is 4.45. The van der Waals surface area contributed by atoms with Crippen molar-refractivity contribution in [1.29, 1.82) is 0 Å². The SMILES string of the molecule is CCC1CCC(O)(CNc2nc(N)c(F)cc2F)CC1. The quantitative estimate of drug-likeness (QED) is 0.795. The van der Waals surface area contributed by atoms with E-state index in [1.54, 1.807) is 0 Å². The fraction of sp³-hybridized carbons (Fsp3) is 0.643. The van der Waals surface area contributed by atoms with Crippen LogP contribution in [0.5, 0.6) is 0 Å². The highest BCUT2D eigenvalue weighted by atomic mass is 19.1. The largest absolute Gasteiger partial charge is 0.388 e. The van der Waals surface area contributed by atoms with Crippen molar-refractivity contribution >= 4 is 11.6 Å². The van der Waals surface area contributed by atoms with Crippen LogP contribution in [-0.4, -0.2) is 22.2 Å². The lowest BCUT2D eigenvalue weighted by molar-refractivity contribution is 0.00218. The van der Waals surface area contributed by atoms with Gasteiger partial charge in [0.15, 0.2) is 23.3 Å². The molecule has 0 radical (unpaired) electrons. The van der Waals surface area contributed by atoms with Gasteiger partial charge in [0.25, 0.3) is 0 Å². The maximum atomic E-state index is 13.5. The number of hydrogen-bond acceptors (Lipinski definition) is 4. The van der Waals surface area contributed by atoms with Crippen LogP contribution < -0.4 is 11.1 Å². The zero-order valence-corrected chi connectivity index (χ0v) is 11.6. The van der Waals surface area contributed by atoms with Crippen molar-refractivity contribution in [2.75, 3.05) is 17.6 Å². The minimum absolute atomic E-state index is 0.116. The third kappa shape index (κ3) is 3.36. The number of aliphatic hydroxyl groups is 1. The van der Waals surface area contributed by atoms with Crippen LogP contribution in [0, 0.1) is 17.6 Å². The van der Waals surface area contributed by atoms with Crippen molar-refractivity contribution in [3.8, 4) is 0 Å². The molecule has 0 aromatic carbocycles. The molecule has 1 aromatic heterocycles. The van der Waals surface area contributed by atoms with Gasteiger partial charge in [0.2, 0.25) is 0 Å². The third-order valence-corrected chi connectivity index (χ3v) is 4.15. The highest BCUT2D eigenvalue weighted by molar-refractivity contribution is 5.45. The Morgan fingerprint density at radius 3 is 2.65 bits per heavy atom. The van der Waals surface area contributed by atoms with Crippen LogP contribution in [0.2, 0.25) is 0 Å². The van der Waals surface area contributed by atoms with Crippen LogP contribution >= 0.6 is 0 Å². The number of halogens is 2. The van der Waals surface area contributed by atoms with E-state index < -0.39 is 17.2 Å². The van der Waals surface area contributed by atoms with Crippen molar-refractivity contribution < 1.29 is 13.9 Å². The number of nitrogens with zero attached hydrogens (tertiary/aromatic N) is 1. The number of nitrogens with two attached hydrogens (primary N) is 1. The molecule has 0 aliphatic heterocycles. The molecule has 0 saturated heterocycles. The second-order valence-electron chi connectivity index (χ2n) is 5.62. The van der Waals surface area contributed by atoms with Crippen LogP contribution in [0.4, 0.5) is 20.4 Å². The molecule has 0 atom stereocenters. The first-order chi connectivity index (χ1) is 9.43. The van der Waals surface area contributed by atoms with Gasteiger partial charge in [0.1, 0.15) is 0 Å². The molecule has 0 unspecified atom stereocenters. The molecule has 6 heteroatoms. The van der Waals surface area contributed by atoms with Crippen molar-refractivity contribution in [2.24, 2.45) is 5.92 Å². The minimum Gasteiger partial charge on any atom is -0.388 e. The second kappa shape index (κ2) is 5.91. The number of hydrogen-bond donors (Lipinski definition) is 3. The summed E-state index contributed by atoms with van der Waals surface area (Å²) in [5.74, 6) is -1.49. The smallest absolute Gasteiger partial charge is 0.168 e. The molecule has 4 nitrogen and oxygen atoms in total. The molecule has 1 aliphatic rings. The Balaban J connectivity index is 1.97. The Labute approximate surface area is 117 Å². The van der Waals surface area contributed by atoms with E-state index in [-0.39, 0.29) is 18.2 Å². The second-order valence-corrected chi connectivity index (χ2v) is 5.62. The Hall–Kier alpha value is -1.43. The zero-order valence-electron chi connectivity index (χ0n) is 11.6. The molecule has 2 rings (SSSR count). The molecule has 112 valence electrons. The lowest BCUT2D eigenvalue weighted by atomic mass is 9.78. The zero-order chi connectivity index (χ0) is 14.8. The number of rotatable bonds is 4. The predicted molar refractivity (Wildman–Crippen MR) is 74.3 cm³/mol. The molecular weight excluding hydrogens is 264 g/mol. The summed E-state index contributed by atoms with van der Waals surface area (Å²) >= 11 is 0. The lowest BCUT2D eigenvalue weighted by Gasteiger charge is -2.36. The highest BCUT2D eigenvalue weighted by Gasteiger charge is 2.32. The van der Waals surface area contributed by atoms with Gasteiger partial charge < -0.3 is 16.2 Å². The first kappa shape index (κ1) is 15.0. The van der Waals surface area contributed by atoms with E-state index >= 15 is 0 Å². The van der Waals surface area contributed by atoms with Gasteiger partial charge in [-0.3, -0.25) is 0 Å². The Kier molecular flexibility index (Phi) is 4.42. The number of anilines is 2. The van der Waals surface area contributed by atoms with Gasteiger partial charge >= 0.3 is 0 Å². The van der Waals surface area contributed by atoms with Gasteiger partial charge in [-0.05, 0) is 31.6 Å². The number of aromatic nitrogens is 1. The van der Waals surface area contributed by atoms with Gasteiger partial charge in [-0.2, -0.15) is 0 Å². The van der Waals surface area contributed by atoms with E-state index in [1.807, 2.05) is 0 Å². The topological polar surface area (TPSA) is 71.2 Å². The normalized spacial score (nSPS) is 26.5. The van der Waals surface area contributed by atoms with Gasteiger partial charge in [-0.25, -0.2) is 13.8 Å². The average Bonchev–Trinajstić information content (AvgIpc) is 2.42. The molecule has 0 spiro atoms. The van der Waals surface area contributed by atoms with Crippen molar-refractivity contribution in [3.63, 3.8) is 0 Å². The first-order valence-electron chi connectivity index (χ1n) is 7.01. The minimum atomic E-state index is -0.879. The summed E-state index contributed by atoms with van der Waals surface area (Å²) in [7, 11) is 0. The summed E-state index contributed by atoms with van der Waals surface area (Å²) in [4.78, 5) is 3.62. The van der Waals surface area contributed by atoms with Crippen molar-refractivity contribution in [3.05, 3.63) is 17.7 Å². The van der Waals surface area contributed by atoms with Gasteiger partial charge in [0, 0.05) is 12.6 Å². The first-order valence-corrected chi connectivity index (χ1v) is 7.01. The van der Waals surface area contributed by atoms with Crippen LogP contribution in [0.25, 0.3) is 0 Å². The summed E-state index contributed by atoms with van der Waals surface area (Å²) in [6.07, 6.45) is 4.41. The molecule has 1 heterocycles. The van der Waals surface area contributed by atoms with Crippen LogP contribution in [0.3, 0.4) is 0 Å². The van der Waals surface area contributed by atoms with Crippen molar-refractivity contribution in [1.82, 2.24) is 4.98 Å². The van der Waals surface area contributed by atoms with Crippen LogP contribution in [-0.2, 0) is 0 Å². The number of nitrogens with one attached hydrogen (secondary N) is 1. The van der Waals surface area contributed by atoms with Crippen LogP contribution in [0.15, 0.2) is 6.07 Å². The van der Waals surface area contributed by atoms with E-state index in [4.69, 9.17) is 5.73 Å². The van der Waals surface area contributed by atoms with E-state index in [2.05, 4.69) is 17.2 Å². The third-order valence-electron chi connectivity index (χ3n) is 4.15. The number of nitrogen functional groups attached to an aromatic ring is 1. The van der Waals surface area contributed by atoms with E-state index in [1.165, 1.54) is 0 Å². The lowest BCUT2D eigenvalue weighted by Crippen LogP contribution is -2.40. The van der Waals surface area contributed by atoms with E-state index in [9.17, 15) is 13.9 Å². The molecule has 1 saturated carbocycles. The summed E-state index contributed by atoms with van der Waals surface area (Å²) in [6, 6.07) is 0.697. The highest BCUT2D eigenvalue weighted by Crippen LogP contribution is 2.33. The summed E-state index contributed by atoms with van der Waals surface area (Å²) < 4.78 is 26.5. The monoisotopic (exact) mass is 285 g/mol. The maximum Gasteiger partial charge on any atom is 0.168 e. The van der Waals surface area contributed by atoms with Crippen LogP contribution in [0.1, 0.15) is 39.0 Å². The molecule has 1 fully saturated rings. The fourth-order valence-electron chi connectivity index (χ4n) is 2.65. The van der Waals surface area contributed by atoms with E-state index in [0.29, 0.717) is 24.8 Å². The number of pyridine rings is 1. The van der Waals surface area contributed by atoms with Crippen molar-refractivity contribution in [2.45, 2.75) is 44.6 Å².